The summed E-state index contributed by atoms with van der Waals surface area (Å²) in [5, 5.41) is 1.47. The van der Waals surface area contributed by atoms with Gasteiger partial charge < -0.3 is 9.64 Å². The van der Waals surface area contributed by atoms with E-state index in [1.165, 1.54) is 16.3 Å². The van der Waals surface area contributed by atoms with E-state index in [9.17, 15) is 18.0 Å². The molecule has 3 aromatic rings. The van der Waals surface area contributed by atoms with Crippen LogP contribution in [0.4, 0.5) is 5.69 Å². The Morgan fingerprint density at radius 1 is 1.00 bits per heavy atom. The summed E-state index contributed by atoms with van der Waals surface area (Å²) in [4.78, 5) is 26.1. The number of sulfonamides is 1. The van der Waals surface area contributed by atoms with Gasteiger partial charge in [-0.25, -0.2) is 13.2 Å². The molecule has 0 saturated heterocycles. The van der Waals surface area contributed by atoms with E-state index >= 15 is 0 Å². The van der Waals surface area contributed by atoms with Crippen molar-refractivity contribution in [3.63, 3.8) is 0 Å². The molecule has 0 atom stereocenters. The molecule has 1 amide bonds. The van der Waals surface area contributed by atoms with Gasteiger partial charge in [0.1, 0.15) is 6.54 Å². The smallest absolute Gasteiger partial charge is 0.337 e. The van der Waals surface area contributed by atoms with Crippen molar-refractivity contribution >= 4 is 38.4 Å². The van der Waals surface area contributed by atoms with E-state index in [1.54, 1.807) is 55.6 Å². The molecule has 1 aliphatic rings. The second-order valence-electron chi connectivity index (χ2n) is 7.08. The van der Waals surface area contributed by atoms with E-state index in [2.05, 4.69) is 4.74 Å². The molecule has 0 bridgehead atoms. The summed E-state index contributed by atoms with van der Waals surface area (Å²) in [6.45, 7) is -0.00179. The average molecular weight is 424 g/mol. The first-order valence-electron chi connectivity index (χ1n) is 9.28. The van der Waals surface area contributed by atoms with E-state index in [0.717, 1.165) is 10.9 Å². The van der Waals surface area contributed by atoms with Crippen LogP contribution in [0, 0.1) is 0 Å². The first-order valence-corrected chi connectivity index (χ1v) is 10.7. The Bertz CT molecular complexity index is 1250. The SMILES string of the molecule is COC(=O)c1ccc(CN(C)C(=O)CN2c3cccc4cccc(c34)S2(=O)=O)cc1. The third-order valence-corrected chi connectivity index (χ3v) is 6.98. The van der Waals surface area contributed by atoms with E-state index in [0.29, 0.717) is 16.6 Å². The zero-order chi connectivity index (χ0) is 21.5. The fourth-order valence-corrected chi connectivity index (χ4v) is 5.26. The van der Waals surface area contributed by atoms with Gasteiger partial charge in [0.05, 0.1) is 23.3 Å². The maximum absolute atomic E-state index is 13.0. The molecule has 8 heteroatoms. The number of hydrogen-bond acceptors (Lipinski definition) is 5. The number of nitrogens with zero attached hydrogens (tertiary/aromatic N) is 2. The molecule has 1 heterocycles. The van der Waals surface area contributed by atoms with Crippen LogP contribution in [0.5, 0.6) is 0 Å². The molecular formula is C22H20N2O5S. The highest BCUT2D eigenvalue weighted by Crippen LogP contribution is 2.41. The fraction of sp³-hybridized carbons (Fsp3) is 0.182. The van der Waals surface area contributed by atoms with Gasteiger partial charge in [-0.15, -0.1) is 0 Å². The molecule has 1 aliphatic heterocycles. The lowest BCUT2D eigenvalue weighted by Gasteiger charge is -2.23. The van der Waals surface area contributed by atoms with Gasteiger partial charge in [0.25, 0.3) is 10.0 Å². The summed E-state index contributed by atoms with van der Waals surface area (Å²) in [5.74, 6) is -0.764. The molecule has 30 heavy (non-hydrogen) atoms. The number of ether oxygens (including phenoxy) is 1. The van der Waals surface area contributed by atoms with Gasteiger partial charge in [-0.05, 0) is 35.2 Å². The van der Waals surface area contributed by atoms with Crippen LogP contribution < -0.4 is 4.31 Å². The van der Waals surface area contributed by atoms with E-state index in [1.807, 2.05) is 12.1 Å². The fourth-order valence-electron chi connectivity index (χ4n) is 3.60. The monoisotopic (exact) mass is 424 g/mol. The molecule has 7 nitrogen and oxygen atoms in total. The lowest BCUT2D eigenvalue weighted by molar-refractivity contribution is -0.128. The first-order chi connectivity index (χ1) is 14.3. The molecule has 0 aliphatic carbocycles. The predicted octanol–water partition coefficient (Wildman–Crippen LogP) is 2.79. The molecule has 3 aromatic carbocycles. The largest absolute Gasteiger partial charge is 0.465 e. The van der Waals surface area contributed by atoms with Crippen molar-refractivity contribution in [1.29, 1.82) is 0 Å². The molecule has 0 aromatic heterocycles. The number of rotatable bonds is 5. The van der Waals surface area contributed by atoms with Gasteiger partial charge in [0, 0.05) is 19.0 Å². The summed E-state index contributed by atoms with van der Waals surface area (Å²) in [5.41, 5.74) is 1.75. The molecule has 0 unspecified atom stereocenters. The highest BCUT2D eigenvalue weighted by molar-refractivity contribution is 7.93. The summed E-state index contributed by atoms with van der Waals surface area (Å²) in [6.07, 6.45) is 0. The molecule has 0 N–H and O–H groups in total. The van der Waals surface area contributed by atoms with Gasteiger partial charge in [-0.2, -0.15) is 0 Å². The van der Waals surface area contributed by atoms with Crippen molar-refractivity contribution in [2.24, 2.45) is 0 Å². The lowest BCUT2D eigenvalue weighted by Crippen LogP contribution is -2.39. The summed E-state index contributed by atoms with van der Waals surface area (Å²) in [6, 6.07) is 17.2. The van der Waals surface area contributed by atoms with Crippen molar-refractivity contribution in [2.75, 3.05) is 25.0 Å². The van der Waals surface area contributed by atoms with Gasteiger partial charge in [0.2, 0.25) is 5.91 Å². The summed E-state index contributed by atoms with van der Waals surface area (Å²) < 4.78 is 31.9. The number of esters is 1. The number of amides is 1. The van der Waals surface area contributed by atoms with E-state index in [-0.39, 0.29) is 23.9 Å². The van der Waals surface area contributed by atoms with Gasteiger partial charge in [-0.1, -0.05) is 36.4 Å². The van der Waals surface area contributed by atoms with Gasteiger partial charge in [0.15, 0.2) is 0 Å². The number of methoxy groups -OCH3 is 1. The molecule has 0 spiro atoms. The van der Waals surface area contributed by atoms with Crippen molar-refractivity contribution in [1.82, 2.24) is 4.90 Å². The number of likely N-dealkylation sites (N-methyl/N-ethyl adjacent to an activating group) is 1. The predicted molar refractivity (Wildman–Crippen MR) is 113 cm³/mol. The Balaban J connectivity index is 1.53. The lowest BCUT2D eigenvalue weighted by atomic mass is 10.1. The summed E-state index contributed by atoms with van der Waals surface area (Å²) in [7, 11) is -0.852. The van der Waals surface area contributed by atoms with Crippen LogP contribution in [-0.4, -0.2) is 45.9 Å². The van der Waals surface area contributed by atoms with Crippen LogP contribution in [0.1, 0.15) is 15.9 Å². The molecule has 0 radical (unpaired) electrons. The number of carbonyl (C=O) groups is 2. The first kappa shape index (κ1) is 19.9. The van der Waals surface area contributed by atoms with Crippen molar-refractivity contribution in [3.05, 3.63) is 71.8 Å². The Morgan fingerprint density at radius 2 is 1.67 bits per heavy atom. The van der Waals surface area contributed by atoms with Crippen LogP contribution in [0.2, 0.25) is 0 Å². The third kappa shape index (κ3) is 3.29. The van der Waals surface area contributed by atoms with Crippen LogP contribution in [0.25, 0.3) is 10.8 Å². The number of hydrogen-bond donors (Lipinski definition) is 0. The second-order valence-corrected chi connectivity index (χ2v) is 8.91. The Labute approximate surface area is 174 Å². The van der Waals surface area contributed by atoms with Crippen molar-refractivity contribution in [2.45, 2.75) is 11.4 Å². The number of carbonyl (C=O) groups excluding carboxylic acids is 2. The zero-order valence-electron chi connectivity index (χ0n) is 16.5. The van der Waals surface area contributed by atoms with Gasteiger partial charge in [-0.3, -0.25) is 9.10 Å². The number of benzene rings is 3. The van der Waals surface area contributed by atoms with Crippen LogP contribution in [0.3, 0.4) is 0 Å². The molecular weight excluding hydrogens is 404 g/mol. The maximum atomic E-state index is 13.0. The average Bonchev–Trinajstić information content (AvgIpc) is 2.97. The minimum absolute atomic E-state index is 0.226. The maximum Gasteiger partial charge on any atom is 0.337 e. The second kappa shape index (κ2) is 7.46. The van der Waals surface area contributed by atoms with Gasteiger partial charge >= 0.3 is 5.97 Å². The minimum atomic E-state index is -3.78. The van der Waals surface area contributed by atoms with Crippen LogP contribution in [0.15, 0.2) is 65.6 Å². The van der Waals surface area contributed by atoms with E-state index < -0.39 is 16.0 Å². The normalized spacial score (nSPS) is 14.0. The Kier molecular flexibility index (Phi) is 4.95. The topological polar surface area (TPSA) is 84.0 Å². The summed E-state index contributed by atoms with van der Waals surface area (Å²) >= 11 is 0. The Hall–Kier alpha value is -3.39. The zero-order valence-corrected chi connectivity index (χ0v) is 17.3. The van der Waals surface area contributed by atoms with E-state index in [4.69, 9.17) is 0 Å². The number of anilines is 1. The molecule has 4 rings (SSSR count). The molecule has 154 valence electrons. The quantitative estimate of drug-likeness (QED) is 0.588. The highest BCUT2D eigenvalue weighted by atomic mass is 32.2. The highest BCUT2D eigenvalue weighted by Gasteiger charge is 2.37. The standard InChI is InChI=1S/C22H20N2O5S/c1-23(13-15-9-11-17(12-10-15)22(26)29-2)20(25)14-24-18-7-3-5-16-6-4-8-19(21(16)18)30(24,27)28/h3-12H,13-14H2,1-2H3. The molecule has 0 saturated carbocycles. The van der Waals surface area contributed by atoms with Crippen LogP contribution >= 0.6 is 0 Å². The molecule has 0 fully saturated rings. The van der Waals surface area contributed by atoms with Crippen molar-refractivity contribution < 1.29 is 22.7 Å². The third-order valence-electron chi connectivity index (χ3n) is 5.18. The minimum Gasteiger partial charge on any atom is -0.465 e. The van der Waals surface area contributed by atoms with Crippen LogP contribution in [-0.2, 0) is 26.1 Å². The Morgan fingerprint density at radius 3 is 2.33 bits per heavy atom. The van der Waals surface area contributed by atoms with Crippen molar-refractivity contribution in [3.8, 4) is 0 Å².